The van der Waals surface area contributed by atoms with Crippen LogP contribution in [-0.4, -0.2) is 5.91 Å². The molecule has 0 saturated heterocycles. The molecule has 3 nitrogen and oxygen atoms in total. The van der Waals surface area contributed by atoms with Crippen molar-refractivity contribution in [1.82, 2.24) is 0 Å². The zero-order valence-electron chi connectivity index (χ0n) is 12.1. The van der Waals surface area contributed by atoms with Gasteiger partial charge in [-0.15, -0.1) is 0 Å². The first-order valence-corrected chi connectivity index (χ1v) is 6.94. The van der Waals surface area contributed by atoms with E-state index in [0.29, 0.717) is 12.0 Å². The van der Waals surface area contributed by atoms with Gasteiger partial charge in [0.2, 0.25) is 5.91 Å². The lowest BCUT2D eigenvalue weighted by Gasteiger charge is -2.32. The Kier molecular flexibility index (Phi) is 3.03. The minimum atomic E-state index is -0.180. The van der Waals surface area contributed by atoms with Crippen LogP contribution in [0.4, 0.5) is 5.69 Å². The van der Waals surface area contributed by atoms with Gasteiger partial charge in [0, 0.05) is 17.5 Å². The molecule has 0 bridgehead atoms. The zero-order valence-corrected chi connectivity index (χ0v) is 12.1. The fraction of sp³-hybridized carbons (Fsp3) is 0.222. The molecule has 1 aliphatic heterocycles. The lowest BCUT2D eigenvalue weighted by Crippen LogP contribution is -2.32. The van der Waals surface area contributed by atoms with Gasteiger partial charge >= 0.3 is 0 Å². The van der Waals surface area contributed by atoms with E-state index in [1.165, 1.54) is 0 Å². The molecule has 3 heteroatoms. The average molecular weight is 276 g/mol. The summed E-state index contributed by atoms with van der Waals surface area (Å²) >= 11 is 0. The highest BCUT2D eigenvalue weighted by atomic mass is 16.1. The van der Waals surface area contributed by atoms with E-state index < -0.39 is 0 Å². The van der Waals surface area contributed by atoms with Gasteiger partial charge in [-0.1, -0.05) is 32.0 Å². The van der Waals surface area contributed by atoms with Crippen LogP contribution in [0.5, 0.6) is 0 Å². The van der Waals surface area contributed by atoms with Crippen molar-refractivity contribution in [1.29, 1.82) is 5.26 Å². The Labute approximate surface area is 124 Å². The number of hydrogen-bond acceptors (Lipinski definition) is 2. The van der Waals surface area contributed by atoms with Crippen LogP contribution < -0.4 is 5.32 Å². The topological polar surface area (TPSA) is 52.9 Å². The Hall–Kier alpha value is -2.60. The van der Waals surface area contributed by atoms with Gasteiger partial charge in [-0.05, 0) is 41.0 Å². The van der Waals surface area contributed by atoms with Gasteiger partial charge in [0.05, 0.1) is 11.6 Å². The third-order valence-electron chi connectivity index (χ3n) is 3.95. The van der Waals surface area contributed by atoms with Gasteiger partial charge < -0.3 is 5.32 Å². The van der Waals surface area contributed by atoms with Crippen LogP contribution in [0, 0.1) is 11.3 Å². The summed E-state index contributed by atoms with van der Waals surface area (Å²) in [6.07, 6.45) is 0.488. The first-order valence-electron chi connectivity index (χ1n) is 6.94. The minimum absolute atomic E-state index is 0.0618. The highest BCUT2D eigenvalue weighted by Gasteiger charge is 2.31. The first-order chi connectivity index (χ1) is 9.99. The predicted octanol–water partition coefficient (Wildman–Crippen LogP) is 3.85. The van der Waals surface area contributed by atoms with E-state index in [4.69, 9.17) is 5.26 Å². The Morgan fingerprint density at radius 2 is 1.90 bits per heavy atom. The molecule has 0 spiro atoms. The number of amides is 1. The van der Waals surface area contributed by atoms with Crippen molar-refractivity contribution in [2.75, 3.05) is 5.32 Å². The van der Waals surface area contributed by atoms with Gasteiger partial charge in [0.25, 0.3) is 0 Å². The van der Waals surface area contributed by atoms with E-state index in [1.54, 1.807) is 6.07 Å². The number of anilines is 1. The predicted molar refractivity (Wildman–Crippen MR) is 82.9 cm³/mol. The number of carbonyl (C=O) groups excluding carboxylic acids is 1. The molecule has 1 aliphatic rings. The lowest BCUT2D eigenvalue weighted by atomic mass is 9.77. The molecule has 1 amide bonds. The van der Waals surface area contributed by atoms with Crippen LogP contribution in [0.15, 0.2) is 42.5 Å². The molecular formula is C18H16N2O. The first kappa shape index (κ1) is 13.4. The molecule has 0 aliphatic carbocycles. The Balaban J connectivity index is 2.11. The summed E-state index contributed by atoms with van der Waals surface area (Å²) in [5, 5.41) is 11.9. The van der Waals surface area contributed by atoms with Crippen LogP contribution in [-0.2, 0) is 10.2 Å². The molecule has 0 unspecified atom stereocenters. The van der Waals surface area contributed by atoms with E-state index in [-0.39, 0.29) is 11.3 Å². The van der Waals surface area contributed by atoms with Crippen LogP contribution >= 0.6 is 0 Å². The smallest absolute Gasteiger partial charge is 0.225 e. The molecular weight excluding hydrogens is 260 g/mol. The molecule has 1 N–H and O–H groups in total. The molecule has 0 radical (unpaired) electrons. The van der Waals surface area contributed by atoms with Crippen LogP contribution in [0.2, 0.25) is 0 Å². The largest absolute Gasteiger partial charge is 0.326 e. The van der Waals surface area contributed by atoms with Gasteiger partial charge in [0.15, 0.2) is 0 Å². The van der Waals surface area contributed by atoms with Crippen molar-refractivity contribution < 1.29 is 4.79 Å². The zero-order chi connectivity index (χ0) is 15.0. The van der Waals surface area contributed by atoms with Gasteiger partial charge in [-0.3, -0.25) is 4.79 Å². The van der Waals surface area contributed by atoms with Crippen molar-refractivity contribution >= 4 is 11.6 Å². The second-order valence-corrected chi connectivity index (χ2v) is 6.06. The number of nitriles is 1. The molecule has 0 fully saturated rings. The Bertz CT molecular complexity index is 769. The maximum atomic E-state index is 11.7. The van der Waals surface area contributed by atoms with Gasteiger partial charge in [0.1, 0.15) is 0 Å². The number of carbonyl (C=O) groups is 1. The molecule has 3 rings (SSSR count). The maximum Gasteiger partial charge on any atom is 0.225 e. The fourth-order valence-electron chi connectivity index (χ4n) is 2.85. The summed E-state index contributed by atoms with van der Waals surface area (Å²) in [5.41, 5.74) is 4.58. The third-order valence-corrected chi connectivity index (χ3v) is 3.95. The molecule has 2 aromatic carbocycles. The van der Waals surface area contributed by atoms with Crippen LogP contribution in [0.1, 0.15) is 31.4 Å². The van der Waals surface area contributed by atoms with Gasteiger partial charge in [-0.25, -0.2) is 0 Å². The number of hydrogen-bond donors (Lipinski definition) is 1. The van der Waals surface area contributed by atoms with E-state index in [9.17, 15) is 4.79 Å². The molecule has 1 heterocycles. The van der Waals surface area contributed by atoms with Crippen molar-refractivity contribution in [3.8, 4) is 17.2 Å². The van der Waals surface area contributed by atoms with Crippen molar-refractivity contribution in [2.45, 2.75) is 25.7 Å². The summed E-state index contributed by atoms with van der Waals surface area (Å²) in [6, 6.07) is 15.8. The summed E-state index contributed by atoms with van der Waals surface area (Å²) in [7, 11) is 0. The van der Waals surface area contributed by atoms with E-state index >= 15 is 0 Å². The third kappa shape index (κ3) is 2.41. The number of nitrogens with one attached hydrogen (secondary N) is 1. The molecule has 0 aromatic heterocycles. The second-order valence-electron chi connectivity index (χ2n) is 6.06. The van der Waals surface area contributed by atoms with Crippen molar-refractivity contribution in [2.24, 2.45) is 0 Å². The summed E-state index contributed by atoms with van der Waals surface area (Å²) in [4.78, 5) is 11.7. The van der Waals surface area contributed by atoms with Crippen LogP contribution in [0.25, 0.3) is 11.1 Å². The second kappa shape index (κ2) is 4.75. The molecule has 0 saturated carbocycles. The Morgan fingerprint density at radius 1 is 1.14 bits per heavy atom. The van der Waals surface area contributed by atoms with Gasteiger partial charge in [-0.2, -0.15) is 5.26 Å². The highest BCUT2D eigenvalue weighted by Crippen LogP contribution is 2.39. The standard InChI is InChI=1S/C18H16N2O/c1-18(2)10-17(21)20-16-7-6-14(9-15(16)18)13-5-3-4-12(8-13)11-19/h3-9H,10H2,1-2H3,(H,20,21). The lowest BCUT2D eigenvalue weighted by molar-refractivity contribution is -0.117. The summed E-state index contributed by atoms with van der Waals surface area (Å²) < 4.78 is 0. The monoisotopic (exact) mass is 276 g/mol. The number of nitrogens with zero attached hydrogens (tertiary/aromatic N) is 1. The summed E-state index contributed by atoms with van der Waals surface area (Å²) in [6.45, 7) is 4.17. The number of benzene rings is 2. The molecule has 104 valence electrons. The SMILES string of the molecule is CC1(C)CC(=O)Nc2ccc(-c3cccc(C#N)c3)cc21. The van der Waals surface area contributed by atoms with E-state index in [0.717, 1.165) is 22.4 Å². The fourth-order valence-corrected chi connectivity index (χ4v) is 2.85. The van der Waals surface area contributed by atoms with Crippen molar-refractivity contribution in [3.63, 3.8) is 0 Å². The quantitative estimate of drug-likeness (QED) is 0.860. The number of rotatable bonds is 1. The van der Waals surface area contributed by atoms with Crippen molar-refractivity contribution in [3.05, 3.63) is 53.6 Å². The highest BCUT2D eigenvalue weighted by molar-refractivity contribution is 5.96. The Morgan fingerprint density at radius 3 is 2.67 bits per heavy atom. The molecule has 2 aromatic rings. The van der Waals surface area contributed by atoms with E-state index in [1.807, 2.05) is 30.3 Å². The summed E-state index contributed by atoms with van der Waals surface area (Å²) in [5.74, 6) is 0.0618. The van der Waals surface area contributed by atoms with Crippen LogP contribution in [0.3, 0.4) is 0 Å². The molecule has 21 heavy (non-hydrogen) atoms. The molecule has 0 atom stereocenters. The normalized spacial score (nSPS) is 15.8. The average Bonchev–Trinajstić information content (AvgIpc) is 2.46. The minimum Gasteiger partial charge on any atom is -0.326 e. The number of fused-ring (bicyclic) bond motifs is 1. The maximum absolute atomic E-state index is 11.7. The van der Waals surface area contributed by atoms with E-state index in [2.05, 4.69) is 31.3 Å².